The highest BCUT2D eigenvalue weighted by Gasteiger charge is 2.32. The monoisotopic (exact) mass is 199 g/mol. The molecule has 0 saturated heterocycles. The minimum atomic E-state index is -0.278. The van der Waals surface area contributed by atoms with E-state index in [0.717, 1.165) is 19.3 Å². The van der Waals surface area contributed by atoms with Crippen LogP contribution in [0.15, 0.2) is 0 Å². The smallest absolute Gasteiger partial charge is 0.155 e. The number of carbonyl (C=O) groups excluding carboxylic acids is 1. The first-order chi connectivity index (χ1) is 6.37. The molecule has 2 nitrogen and oxygen atoms in total. The second-order valence-corrected chi connectivity index (χ2v) is 4.87. The molecule has 2 heteroatoms. The molecule has 0 aromatic heterocycles. The summed E-state index contributed by atoms with van der Waals surface area (Å²) >= 11 is 0. The number of ketones is 1. The van der Waals surface area contributed by atoms with E-state index in [4.69, 9.17) is 5.73 Å². The van der Waals surface area contributed by atoms with E-state index in [0.29, 0.717) is 5.92 Å². The molecule has 2 N–H and O–H groups in total. The van der Waals surface area contributed by atoms with E-state index >= 15 is 0 Å². The van der Waals surface area contributed by atoms with Gasteiger partial charge in [-0.1, -0.05) is 34.6 Å². The van der Waals surface area contributed by atoms with Crippen LogP contribution in [0, 0.1) is 11.3 Å². The topological polar surface area (TPSA) is 43.1 Å². The van der Waals surface area contributed by atoms with E-state index in [2.05, 4.69) is 27.7 Å². The zero-order chi connectivity index (χ0) is 11.4. The molecule has 0 fully saturated rings. The summed E-state index contributed by atoms with van der Waals surface area (Å²) in [5.74, 6) is 0.725. The molecular weight excluding hydrogens is 174 g/mol. The maximum absolute atomic E-state index is 12.0. The Labute approximate surface area is 88.3 Å². The van der Waals surface area contributed by atoms with Crippen molar-refractivity contribution in [3.8, 4) is 0 Å². The van der Waals surface area contributed by atoms with E-state index in [1.807, 2.05) is 6.92 Å². The lowest BCUT2D eigenvalue weighted by Crippen LogP contribution is -2.42. The van der Waals surface area contributed by atoms with Crippen LogP contribution in [0.4, 0.5) is 0 Å². The van der Waals surface area contributed by atoms with Crippen molar-refractivity contribution in [1.29, 1.82) is 0 Å². The van der Waals surface area contributed by atoms with Gasteiger partial charge in [-0.05, 0) is 25.2 Å². The second kappa shape index (κ2) is 5.50. The largest absolute Gasteiger partial charge is 0.321 e. The molecule has 0 heterocycles. The third-order valence-corrected chi connectivity index (χ3v) is 3.22. The third-order valence-electron chi connectivity index (χ3n) is 3.22. The van der Waals surface area contributed by atoms with Gasteiger partial charge < -0.3 is 5.73 Å². The number of hydrogen-bond acceptors (Lipinski definition) is 2. The Kier molecular flexibility index (Phi) is 5.35. The van der Waals surface area contributed by atoms with Crippen molar-refractivity contribution in [2.75, 3.05) is 0 Å². The van der Waals surface area contributed by atoms with Gasteiger partial charge in [-0.2, -0.15) is 0 Å². The number of Topliss-reactive ketones (excluding diaryl/α,β-unsaturated/α-hetero) is 1. The van der Waals surface area contributed by atoms with E-state index in [-0.39, 0.29) is 17.2 Å². The lowest BCUT2D eigenvalue weighted by molar-refractivity contribution is -0.130. The Bertz CT molecular complexity index is 183. The van der Waals surface area contributed by atoms with E-state index < -0.39 is 0 Å². The van der Waals surface area contributed by atoms with E-state index in [1.54, 1.807) is 0 Å². The second-order valence-electron chi connectivity index (χ2n) is 4.87. The number of hydrogen-bond donors (Lipinski definition) is 1. The van der Waals surface area contributed by atoms with Crippen molar-refractivity contribution in [3.63, 3.8) is 0 Å². The third kappa shape index (κ3) is 3.41. The summed E-state index contributed by atoms with van der Waals surface area (Å²) in [7, 11) is 0. The first-order valence-corrected chi connectivity index (χ1v) is 5.67. The van der Waals surface area contributed by atoms with Crippen molar-refractivity contribution < 1.29 is 4.79 Å². The maximum atomic E-state index is 12.0. The van der Waals surface area contributed by atoms with Crippen LogP contribution in [0.3, 0.4) is 0 Å². The van der Waals surface area contributed by atoms with Crippen LogP contribution >= 0.6 is 0 Å². The lowest BCUT2D eigenvalue weighted by Gasteiger charge is -2.28. The molecule has 0 aliphatic carbocycles. The molecule has 0 radical (unpaired) electrons. The summed E-state index contributed by atoms with van der Waals surface area (Å²) in [6.07, 6.45) is 2.57. The van der Waals surface area contributed by atoms with Gasteiger partial charge in [0.25, 0.3) is 0 Å². The Morgan fingerprint density at radius 2 is 1.71 bits per heavy atom. The van der Waals surface area contributed by atoms with Crippen molar-refractivity contribution in [2.24, 2.45) is 17.1 Å². The molecule has 14 heavy (non-hydrogen) atoms. The molecule has 0 spiro atoms. The Hall–Kier alpha value is -0.370. The minimum absolute atomic E-state index is 0.214. The fourth-order valence-electron chi connectivity index (χ4n) is 1.66. The highest BCUT2D eigenvalue weighted by molar-refractivity contribution is 5.89. The Balaban J connectivity index is 4.43. The number of rotatable bonds is 6. The summed E-state index contributed by atoms with van der Waals surface area (Å²) in [6.45, 7) is 10.3. The lowest BCUT2D eigenvalue weighted by atomic mass is 9.76. The van der Waals surface area contributed by atoms with Gasteiger partial charge in [-0.25, -0.2) is 0 Å². The Morgan fingerprint density at radius 1 is 1.29 bits per heavy atom. The standard InChI is InChI=1S/C12H25NO/c1-6-12(5,7-2)11(14)10(13)8-9(3)4/h9-10H,6-8,13H2,1-5H3. The van der Waals surface area contributed by atoms with Gasteiger partial charge >= 0.3 is 0 Å². The van der Waals surface area contributed by atoms with Crippen LogP contribution in [0.25, 0.3) is 0 Å². The molecular formula is C12H25NO. The summed E-state index contributed by atoms with van der Waals surface area (Å²) in [5, 5.41) is 0. The normalized spacial score (nSPS) is 14.5. The fourth-order valence-corrected chi connectivity index (χ4v) is 1.66. The highest BCUT2D eigenvalue weighted by atomic mass is 16.1. The molecule has 0 aliphatic rings. The zero-order valence-corrected chi connectivity index (χ0v) is 10.3. The first kappa shape index (κ1) is 13.6. The van der Waals surface area contributed by atoms with Gasteiger partial charge in [0.15, 0.2) is 5.78 Å². The zero-order valence-electron chi connectivity index (χ0n) is 10.3. The van der Waals surface area contributed by atoms with E-state index in [1.165, 1.54) is 0 Å². The molecule has 0 aromatic carbocycles. The number of carbonyl (C=O) groups is 1. The quantitative estimate of drug-likeness (QED) is 0.714. The Morgan fingerprint density at radius 3 is 2.00 bits per heavy atom. The number of nitrogens with two attached hydrogens (primary N) is 1. The summed E-state index contributed by atoms with van der Waals surface area (Å²) in [4.78, 5) is 12.0. The molecule has 0 amide bonds. The van der Waals surface area contributed by atoms with Gasteiger partial charge in [-0.15, -0.1) is 0 Å². The fraction of sp³-hybridized carbons (Fsp3) is 0.917. The molecule has 84 valence electrons. The van der Waals surface area contributed by atoms with Crippen LogP contribution in [0.1, 0.15) is 53.9 Å². The highest BCUT2D eigenvalue weighted by Crippen LogP contribution is 2.28. The van der Waals surface area contributed by atoms with Crippen LogP contribution in [0.2, 0.25) is 0 Å². The summed E-state index contributed by atoms with van der Waals surface area (Å²) < 4.78 is 0. The molecule has 0 bridgehead atoms. The average Bonchev–Trinajstić information content (AvgIpc) is 2.14. The average molecular weight is 199 g/mol. The molecule has 0 saturated carbocycles. The van der Waals surface area contributed by atoms with Crippen LogP contribution in [-0.4, -0.2) is 11.8 Å². The molecule has 1 unspecified atom stereocenters. The maximum Gasteiger partial charge on any atom is 0.155 e. The van der Waals surface area contributed by atoms with E-state index in [9.17, 15) is 4.79 Å². The first-order valence-electron chi connectivity index (χ1n) is 5.67. The van der Waals surface area contributed by atoms with Gasteiger partial charge in [0.05, 0.1) is 6.04 Å². The molecule has 1 atom stereocenters. The minimum Gasteiger partial charge on any atom is -0.321 e. The van der Waals surface area contributed by atoms with Crippen LogP contribution in [-0.2, 0) is 4.79 Å². The predicted molar refractivity (Wildman–Crippen MR) is 61.1 cm³/mol. The summed E-state index contributed by atoms with van der Waals surface area (Å²) in [6, 6.07) is -0.278. The molecule has 0 aliphatic heterocycles. The summed E-state index contributed by atoms with van der Waals surface area (Å²) in [5.41, 5.74) is 5.69. The van der Waals surface area contributed by atoms with Gasteiger partial charge in [0, 0.05) is 5.41 Å². The SMILES string of the molecule is CCC(C)(CC)C(=O)C(N)CC(C)C. The van der Waals surface area contributed by atoms with Crippen LogP contribution < -0.4 is 5.73 Å². The molecule has 0 aromatic rings. The predicted octanol–water partition coefficient (Wildman–Crippen LogP) is 2.76. The molecule has 0 rings (SSSR count). The van der Waals surface area contributed by atoms with Gasteiger partial charge in [0.2, 0.25) is 0 Å². The van der Waals surface area contributed by atoms with Crippen LogP contribution in [0.5, 0.6) is 0 Å². The van der Waals surface area contributed by atoms with Crippen molar-refractivity contribution in [3.05, 3.63) is 0 Å². The van der Waals surface area contributed by atoms with Gasteiger partial charge in [0.1, 0.15) is 0 Å². The van der Waals surface area contributed by atoms with Crippen molar-refractivity contribution in [2.45, 2.75) is 59.9 Å². The van der Waals surface area contributed by atoms with Crippen molar-refractivity contribution >= 4 is 5.78 Å². The van der Waals surface area contributed by atoms with Gasteiger partial charge in [-0.3, -0.25) is 4.79 Å². The van der Waals surface area contributed by atoms with Crippen molar-refractivity contribution in [1.82, 2.24) is 0 Å².